The maximum atomic E-state index is 12.1. The number of carbonyl (C=O) groups excluding carboxylic acids is 2. The predicted octanol–water partition coefficient (Wildman–Crippen LogP) is 6.31. The summed E-state index contributed by atoms with van der Waals surface area (Å²) in [5.74, 6) is 8.91. The number of hydrogen-bond donors (Lipinski definition) is 0. The lowest BCUT2D eigenvalue weighted by Gasteiger charge is -2.61. The molecule has 188 valence electrons. The van der Waals surface area contributed by atoms with E-state index < -0.39 is 5.60 Å². The van der Waals surface area contributed by atoms with Crippen LogP contribution >= 0.6 is 0 Å². The lowest BCUT2D eigenvalue weighted by Crippen LogP contribution is -2.56. The highest BCUT2D eigenvalue weighted by Gasteiger charge is 2.62. The molecule has 5 rings (SSSR count). The largest absolute Gasteiger partial charge is 0.462 e. The molecule has 1 aromatic carbocycles. The Kier molecular flexibility index (Phi) is 6.27. The van der Waals surface area contributed by atoms with Gasteiger partial charge in [0.2, 0.25) is 0 Å². The molecule has 4 heteroatoms. The van der Waals surface area contributed by atoms with Crippen LogP contribution in [0.15, 0.2) is 30.3 Å². The Morgan fingerprint density at radius 2 is 1.60 bits per heavy atom. The van der Waals surface area contributed by atoms with Gasteiger partial charge in [-0.25, -0.2) is 0 Å². The highest BCUT2D eigenvalue weighted by Crippen LogP contribution is 2.67. The predicted molar refractivity (Wildman–Crippen MR) is 135 cm³/mol. The van der Waals surface area contributed by atoms with Crippen molar-refractivity contribution in [2.24, 2.45) is 34.5 Å². The van der Waals surface area contributed by atoms with Crippen molar-refractivity contribution in [2.75, 3.05) is 0 Å². The summed E-state index contributed by atoms with van der Waals surface area (Å²) in [5, 5.41) is 0. The standard InChI is InChI=1S/C31H40O4/c1-21(32)34-28-13-12-26-25-11-10-24-20-31(35-22(2)33,17-14-23-8-6-5-7-9-23)19-18-29(24,3)27(25)15-16-30(26,28)4/h5-9,24-28H,10-13,15-16,18-20H2,1-4H3/t24-,25-,26+,27+,28-,29-,30-,31-/m0/s1. The summed E-state index contributed by atoms with van der Waals surface area (Å²) in [5.41, 5.74) is 0.649. The van der Waals surface area contributed by atoms with Crippen LogP contribution in [0.25, 0.3) is 0 Å². The number of esters is 2. The van der Waals surface area contributed by atoms with Crippen molar-refractivity contribution in [3.8, 4) is 11.8 Å². The van der Waals surface area contributed by atoms with Gasteiger partial charge in [-0.15, -0.1) is 0 Å². The van der Waals surface area contributed by atoms with E-state index in [9.17, 15) is 9.59 Å². The molecule has 0 radical (unpaired) electrons. The normalized spacial score (nSPS) is 41.9. The first kappa shape index (κ1) is 24.4. The average molecular weight is 477 g/mol. The van der Waals surface area contributed by atoms with E-state index in [1.807, 2.05) is 30.3 Å². The van der Waals surface area contributed by atoms with Gasteiger partial charge >= 0.3 is 11.9 Å². The van der Waals surface area contributed by atoms with Crippen LogP contribution in [0.4, 0.5) is 0 Å². The first-order chi connectivity index (χ1) is 16.7. The highest BCUT2D eigenvalue weighted by molar-refractivity contribution is 5.67. The second-order valence-electron chi connectivity index (χ2n) is 12.3. The molecule has 4 aliphatic carbocycles. The van der Waals surface area contributed by atoms with Crippen molar-refractivity contribution < 1.29 is 19.1 Å². The molecule has 0 heterocycles. The fourth-order valence-electron chi connectivity index (χ4n) is 8.79. The van der Waals surface area contributed by atoms with E-state index in [0.717, 1.165) is 37.7 Å². The average Bonchev–Trinajstić information content (AvgIpc) is 3.14. The highest BCUT2D eigenvalue weighted by atomic mass is 16.6. The fourth-order valence-corrected chi connectivity index (χ4v) is 8.79. The number of ether oxygens (including phenoxy) is 2. The van der Waals surface area contributed by atoms with Crippen molar-refractivity contribution in [1.29, 1.82) is 0 Å². The van der Waals surface area contributed by atoms with Crippen molar-refractivity contribution in [3.63, 3.8) is 0 Å². The molecular weight excluding hydrogens is 436 g/mol. The van der Waals surface area contributed by atoms with Crippen molar-refractivity contribution in [1.82, 2.24) is 0 Å². The molecule has 0 N–H and O–H groups in total. The molecule has 8 atom stereocenters. The van der Waals surface area contributed by atoms with Crippen LogP contribution in [0.5, 0.6) is 0 Å². The molecular formula is C31H40O4. The maximum Gasteiger partial charge on any atom is 0.304 e. The zero-order valence-electron chi connectivity index (χ0n) is 21.8. The van der Waals surface area contributed by atoms with Crippen molar-refractivity contribution in [2.45, 2.75) is 97.2 Å². The summed E-state index contributed by atoms with van der Waals surface area (Å²) < 4.78 is 11.8. The smallest absolute Gasteiger partial charge is 0.304 e. The molecule has 4 fully saturated rings. The molecule has 0 saturated heterocycles. The lowest BCUT2D eigenvalue weighted by atomic mass is 9.44. The molecule has 4 aliphatic rings. The lowest BCUT2D eigenvalue weighted by molar-refractivity contribution is -0.175. The molecule has 0 amide bonds. The molecule has 0 bridgehead atoms. The van der Waals surface area contributed by atoms with Crippen LogP contribution in [0.1, 0.15) is 91.0 Å². The van der Waals surface area contributed by atoms with Gasteiger partial charge in [0.05, 0.1) is 0 Å². The van der Waals surface area contributed by atoms with Crippen LogP contribution in [0.2, 0.25) is 0 Å². The molecule has 0 spiro atoms. The van der Waals surface area contributed by atoms with Gasteiger partial charge in [0, 0.05) is 31.2 Å². The summed E-state index contributed by atoms with van der Waals surface area (Å²) in [6, 6.07) is 10.00. The minimum Gasteiger partial charge on any atom is -0.462 e. The zero-order valence-corrected chi connectivity index (χ0v) is 21.8. The summed E-state index contributed by atoms with van der Waals surface area (Å²) in [6.45, 7) is 7.96. The van der Waals surface area contributed by atoms with Crippen LogP contribution in [0.3, 0.4) is 0 Å². The molecule has 0 aliphatic heterocycles. The third-order valence-corrected chi connectivity index (χ3v) is 10.5. The van der Waals surface area contributed by atoms with Gasteiger partial charge in [0.15, 0.2) is 5.60 Å². The molecule has 4 nitrogen and oxygen atoms in total. The van der Waals surface area contributed by atoms with Crippen LogP contribution in [-0.2, 0) is 19.1 Å². The van der Waals surface area contributed by atoms with Gasteiger partial charge in [0.25, 0.3) is 0 Å². The maximum absolute atomic E-state index is 12.1. The van der Waals surface area contributed by atoms with Gasteiger partial charge in [0.1, 0.15) is 6.10 Å². The Labute approximate surface area is 210 Å². The molecule has 4 saturated carbocycles. The minimum atomic E-state index is -0.685. The number of fused-ring (bicyclic) bond motifs is 5. The van der Waals surface area contributed by atoms with Gasteiger partial charge < -0.3 is 9.47 Å². The van der Waals surface area contributed by atoms with E-state index in [1.165, 1.54) is 32.6 Å². The fraction of sp³-hybridized carbons (Fsp3) is 0.677. The van der Waals surface area contributed by atoms with Gasteiger partial charge in [-0.05, 0) is 98.5 Å². The Morgan fingerprint density at radius 1 is 0.857 bits per heavy atom. The second kappa shape index (κ2) is 8.99. The number of rotatable bonds is 2. The van der Waals surface area contributed by atoms with E-state index in [1.54, 1.807) is 6.92 Å². The van der Waals surface area contributed by atoms with E-state index in [4.69, 9.17) is 9.47 Å². The SMILES string of the molecule is CC(=O)O[C@H]1CC[C@@H]2[C@@H]3CC[C@H]4C[C@@](C#Cc5ccccc5)(OC(C)=O)CC[C@]4(C)[C@@H]3CC[C@]12C. The van der Waals surface area contributed by atoms with Crippen molar-refractivity contribution >= 4 is 11.9 Å². The zero-order chi connectivity index (χ0) is 24.8. The number of benzene rings is 1. The Bertz CT molecular complexity index is 1040. The van der Waals surface area contributed by atoms with E-state index >= 15 is 0 Å². The number of hydrogen-bond acceptors (Lipinski definition) is 4. The minimum absolute atomic E-state index is 0.0766. The van der Waals surface area contributed by atoms with Crippen LogP contribution < -0.4 is 0 Å². The molecule has 35 heavy (non-hydrogen) atoms. The quantitative estimate of drug-likeness (QED) is 0.370. The second-order valence-corrected chi connectivity index (χ2v) is 12.3. The number of carbonyl (C=O) groups is 2. The monoisotopic (exact) mass is 476 g/mol. The Balaban J connectivity index is 1.38. The first-order valence-corrected chi connectivity index (χ1v) is 13.6. The van der Waals surface area contributed by atoms with E-state index in [2.05, 4.69) is 25.7 Å². The third kappa shape index (κ3) is 4.30. The van der Waals surface area contributed by atoms with E-state index in [-0.39, 0.29) is 28.9 Å². The molecule has 0 unspecified atom stereocenters. The molecule has 1 aromatic rings. The van der Waals surface area contributed by atoms with Gasteiger partial charge in [-0.1, -0.05) is 38.0 Å². The van der Waals surface area contributed by atoms with E-state index in [0.29, 0.717) is 23.7 Å². The topological polar surface area (TPSA) is 52.6 Å². The summed E-state index contributed by atoms with van der Waals surface area (Å²) in [7, 11) is 0. The van der Waals surface area contributed by atoms with Crippen molar-refractivity contribution in [3.05, 3.63) is 35.9 Å². The molecule has 0 aromatic heterocycles. The Morgan fingerprint density at radius 3 is 2.31 bits per heavy atom. The summed E-state index contributed by atoms with van der Waals surface area (Å²) >= 11 is 0. The van der Waals surface area contributed by atoms with Crippen LogP contribution in [-0.4, -0.2) is 23.6 Å². The van der Waals surface area contributed by atoms with Crippen LogP contribution in [0, 0.1) is 46.3 Å². The third-order valence-electron chi connectivity index (χ3n) is 10.5. The van der Waals surface area contributed by atoms with Gasteiger partial charge in [-0.3, -0.25) is 9.59 Å². The summed E-state index contributed by atoms with van der Waals surface area (Å²) in [4.78, 5) is 23.9. The first-order valence-electron chi connectivity index (χ1n) is 13.6. The Hall–Kier alpha value is -2.28. The van der Waals surface area contributed by atoms with Gasteiger partial charge in [-0.2, -0.15) is 0 Å². The summed E-state index contributed by atoms with van der Waals surface area (Å²) in [6.07, 6.45) is 9.69.